The van der Waals surface area contributed by atoms with E-state index in [4.69, 9.17) is 4.74 Å². The first-order valence-corrected chi connectivity index (χ1v) is 9.86. The molecule has 2 aromatic rings. The van der Waals surface area contributed by atoms with Gasteiger partial charge in [-0.2, -0.15) is 5.26 Å². The average molecular weight is 400 g/mol. The molecule has 0 radical (unpaired) electrons. The number of rotatable bonds is 5. The Bertz CT molecular complexity index is 964. The molecule has 28 heavy (non-hydrogen) atoms. The minimum Gasteiger partial charge on any atom is -0.473 e. The van der Waals surface area contributed by atoms with Crippen LogP contribution in [0.25, 0.3) is 0 Å². The summed E-state index contributed by atoms with van der Waals surface area (Å²) in [4.78, 5) is 28.1. The minimum atomic E-state index is -0.989. The summed E-state index contributed by atoms with van der Waals surface area (Å²) in [5.41, 5.74) is 2.03. The number of nitriles is 1. The van der Waals surface area contributed by atoms with E-state index in [2.05, 4.69) is 16.4 Å². The number of anilines is 1. The Labute approximate surface area is 166 Å². The van der Waals surface area contributed by atoms with Crippen LogP contribution in [0.1, 0.15) is 47.9 Å². The minimum absolute atomic E-state index is 0.0688. The first kappa shape index (κ1) is 19.8. The third kappa shape index (κ3) is 4.12. The predicted molar refractivity (Wildman–Crippen MR) is 105 cm³/mol. The highest BCUT2D eigenvalue weighted by atomic mass is 32.1. The third-order valence-electron chi connectivity index (χ3n) is 4.59. The van der Waals surface area contributed by atoms with Crippen LogP contribution < -0.4 is 10.1 Å². The molecule has 0 spiro atoms. The first-order chi connectivity index (χ1) is 13.4. The van der Waals surface area contributed by atoms with Gasteiger partial charge in [-0.15, -0.1) is 11.3 Å². The van der Waals surface area contributed by atoms with Crippen LogP contribution in [0.2, 0.25) is 0 Å². The molecule has 0 aliphatic heterocycles. The van der Waals surface area contributed by atoms with Gasteiger partial charge in [-0.3, -0.25) is 4.79 Å². The second-order valence-electron chi connectivity index (χ2n) is 6.66. The Morgan fingerprint density at radius 2 is 2.14 bits per heavy atom. The molecule has 0 aromatic carbocycles. The Morgan fingerprint density at radius 3 is 2.86 bits per heavy atom. The number of aryl methyl sites for hydroxylation is 2. The summed E-state index contributed by atoms with van der Waals surface area (Å²) >= 11 is 1.43. The van der Waals surface area contributed by atoms with Gasteiger partial charge in [0, 0.05) is 11.8 Å². The fourth-order valence-electron chi connectivity index (χ4n) is 3.16. The summed E-state index contributed by atoms with van der Waals surface area (Å²) in [6, 6.07) is 5.22. The van der Waals surface area contributed by atoms with E-state index in [0.717, 1.165) is 42.5 Å². The van der Waals surface area contributed by atoms with Crippen molar-refractivity contribution in [2.45, 2.75) is 52.1 Å². The molecule has 1 aliphatic carbocycles. The number of hydrogen-bond acceptors (Lipinski definition) is 7. The topological polar surface area (TPSA) is 118 Å². The van der Waals surface area contributed by atoms with E-state index in [-0.39, 0.29) is 5.75 Å². The summed E-state index contributed by atoms with van der Waals surface area (Å²) in [5, 5.41) is 24.0. The van der Waals surface area contributed by atoms with Crippen LogP contribution in [0, 0.1) is 28.4 Å². The van der Waals surface area contributed by atoms with Crippen molar-refractivity contribution in [3.05, 3.63) is 43.9 Å². The highest BCUT2D eigenvalue weighted by Crippen LogP contribution is 2.37. The van der Waals surface area contributed by atoms with Gasteiger partial charge in [-0.1, -0.05) is 6.42 Å². The number of ether oxygens (including phenoxy) is 1. The Kier molecular flexibility index (Phi) is 5.90. The fourth-order valence-corrected chi connectivity index (χ4v) is 4.40. The zero-order chi connectivity index (χ0) is 20.3. The lowest BCUT2D eigenvalue weighted by atomic mass is 10.1. The quantitative estimate of drug-likeness (QED) is 0.462. The van der Waals surface area contributed by atoms with Crippen LogP contribution in [-0.2, 0) is 17.6 Å². The van der Waals surface area contributed by atoms with Gasteiger partial charge >= 0.3 is 5.82 Å². The summed E-state index contributed by atoms with van der Waals surface area (Å²) in [5.74, 6) is -0.969. The van der Waals surface area contributed by atoms with Crippen molar-refractivity contribution in [3.63, 3.8) is 0 Å². The molecule has 8 nitrogen and oxygen atoms in total. The van der Waals surface area contributed by atoms with Crippen molar-refractivity contribution in [3.8, 4) is 11.8 Å². The van der Waals surface area contributed by atoms with Crippen LogP contribution in [-0.4, -0.2) is 21.9 Å². The molecule has 0 saturated carbocycles. The number of aromatic nitrogens is 1. The molecule has 1 amide bonds. The molecule has 3 rings (SSSR count). The van der Waals surface area contributed by atoms with Gasteiger partial charge in [-0.05, 0) is 60.2 Å². The molecule has 0 fully saturated rings. The number of nitrogens with one attached hydrogen (secondary N) is 1. The zero-order valence-corrected chi connectivity index (χ0v) is 16.5. The molecule has 2 heterocycles. The van der Waals surface area contributed by atoms with E-state index < -0.39 is 22.8 Å². The molecule has 2 aromatic heterocycles. The molecule has 0 unspecified atom stereocenters. The molecule has 9 heteroatoms. The molecular formula is C19H20N4O4S. The first-order valence-electron chi connectivity index (χ1n) is 9.05. The van der Waals surface area contributed by atoms with Crippen molar-refractivity contribution in [1.29, 1.82) is 5.26 Å². The van der Waals surface area contributed by atoms with E-state index in [1.165, 1.54) is 24.3 Å². The maximum absolute atomic E-state index is 12.6. The van der Waals surface area contributed by atoms with Crippen LogP contribution >= 0.6 is 11.3 Å². The molecule has 1 aliphatic rings. The second kappa shape index (κ2) is 8.35. The van der Waals surface area contributed by atoms with Gasteiger partial charge in [0.25, 0.3) is 5.91 Å². The SMILES string of the molecule is Cc1ccc(O[C@H](C)C(=O)Nc2sc3c(c2C#N)CCCCC3)c([N+](=O)[O-])n1. The largest absolute Gasteiger partial charge is 0.473 e. The summed E-state index contributed by atoms with van der Waals surface area (Å²) in [6.07, 6.45) is 4.03. The number of thiophene rings is 1. The van der Waals surface area contributed by atoms with Crippen molar-refractivity contribution < 1.29 is 14.5 Å². The Hall–Kier alpha value is -2.99. The molecular weight excluding hydrogens is 380 g/mol. The molecule has 1 N–H and O–H groups in total. The van der Waals surface area contributed by atoms with Crippen molar-refractivity contribution in [1.82, 2.24) is 4.98 Å². The number of pyridine rings is 1. The summed E-state index contributed by atoms with van der Waals surface area (Å²) < 4.78 is 5.50. The number of amides is 1. The van der Waals surface area contributed by atoms with Gasteiger partial charge in [0.2, 0.25) is 5.75 Å². The lowest BCUT2D eigenvalue weighted by Crippen LogP contribution is -2.30. The predicted octanol–water partition coefficient (Wildman–Crippen LogP) is 3.91. The number of nitro groups is 1. The number of carbonyl (C=O) groups is 1. The maximum Gasteiger partial charge on any atom is 0.406 e. The smallest absolute Gasteiger partial charge is 0.406 e. The fraction of sp³-hybridized carbons (Fsp3) is 0.421. The summed E-state index contributed by atoms with van der Waals surface area (Å²) in [7, 11) is 0. The average Bonchev–Trinajstić information content (AvgIpc) is 2.82. The van der Waals surface area contributed by atoms with Crippen LogP contribution in [0.3, 0.4) is 0 Å². The molecule has 1 atom stereocenters. The molecule has 0 saturated heterocycles. The normalized spacial score (nSPS) is 14.3. The Balaban J connectivity index is 1.77. The van der Waals surface area contributed by atoms with E-state index >= 15 is 0 Å². The monoisotopic (exact) mass is 400 g/mol. The van der Waals surface area contributed by atoms with Gasteiger partial charge in [0.15, 0.2) is 6.10 Å². The van der Waals surface area contributed by atoms with Gasteiger partial charge in [0.1, 0.15) is 16.8 Å². The number of nitrogens with zero attached hydrogens (tertiary/aromatic N) is 3. The van der Waals surface area contributed by atoms with Crippen molar-refractivity contribution in [2.75, 3.05) is 5.32 Å². The zero-order valence-electron chi connectivity index (χ0n) is 15.7. The van der Waals surface area contributed by atoms with Crippen LogP contribution in [0.5, 0.6) is 5.75 Å². The Morgan fingerprint density at radius 1 is 1.39 bits per heavy atom. The number of fused-ring (bicyclic) bond motifs is 1. The maximum atomic E-state index is 12.6. The lowest BCUT2D eigenvalue weighted by Gasteiger charge is -2.14. The lowest BCUT2D eigenvalue weighted by molar-refractivity contribution is -0.390. The van der Waals surface area contributed by atoms with E-state index in [9.17, 15) is 20.2 Å². The van der Waals surface area contributed by atoms with Gasteiger partial charge in [-0.25, -0.2) is 0 Å². The van der Waals surface area contributed by atoms with Crippen LogP contribution in [0.15, 0.2) is 12.1 Å². The van der Waals surface area contributed by atoms with E-state index in [1.54, 1.807) is 13.0 Å². The summed E-state index contributed by atoms with van der Waals surface area (Å²) in [6.45, 7) is 3.14. The number of hydrogen-bond donors (Lipinski definition) is 1. The van der Waals surface area contributed by atoms with E-state index in [1.807, 2.05) is 0 Å². The highest BCUT2D eigenvalue weighted by Gasteiger charge is 2.26. The second-order valence-corrected chi connectivity index (χ2v) is 7.77. The van der Waals surface area contributed by atoms with E-state index in [0.29, 0.717) is 16.3 Å². The van der Waals surface area contributed by atoms with Crippen molar-refractivity contribution in [2.24, 2.45) is 0 Å². The standard InChI is InChI=1S/C19H20N4O4S/c1-11-8-9-15(17(21-11)23(25)26)27-12(2)18(24)22-19-14(10-20)13-6-4-3-5-7-16(13)28-19/h8-9,12H,3-7H2,1-2H3,(H,22,24)/t12-/m1/s1. The molecule has 0 bridgehead atoms. The number of carbonyl (C=O) groups excluding carboxylic acids is 1. The van der Waals surface area contributed by atoms with Gasteiger partial charge in [0.05, 0.1) is 5.56 Å². The highest BCUT2D eigenvalue weighted by molar-refractivity contribution is 7.16. The van der Waals surface area contributed by atoms with Crippen LogP contribution in [0.4, 0.5) is 10.8 Å². The van der Waals surface area contributed by atoms with Gasteiger partial charge < -0.3 is 20.2 Å². The molecule has 146 valence electrons. The van der Waals surface area contributed by atoms with Crippen molar-refractivity contribution >= 4 is 28.1 Å². The third-order valence-corrected chi connectivity index (χ3v) is 5.80.